The SMILES string of the molecule is CN1CCc2cc(NCc3ccc(OC(C)(C)C)cc3)ccc21. The van der Waals surface area contributed by atoms with Crippen LogP contribution in [0, 0.1) is 0 Å². The van der Waals surface area contributed by atoms with Crippen LogP contribution < -0.4 is 15.0 Å². The Kier molecular flexibility index (Phi) is 4.20. The van der Waals surface area contributed by atoms with E-state index in [-0.39, 0.29) is 5.60 Å². The Morgan fingerprint density at radius 1 is 1.09 bits per heavy atom. The van der Waals surface area contributed by atoms with E-state index in [4.69, 9.17) is 4.74 Å². The first kappa shape index (κ1) is 15.7. The second-order valence-electron chi connectivity index (χ2n) is 7.23. The van der Waals surface area contributed by atoms with Crippen molar-refractivity contribution in [3.05, 3.63) is 53.6 Å². The predicted molar refractivity (Wildman–Crippen MR) is 97.6 cm³/mol. The number of hydrogen-bond acceptors (Lipinski definition) is 3. The maximum atomic E-state index is 5.85. The topological polar surface area (TPSA) is 24.5 Å². The standard InChI is InChI=1S/C20H26N2O/c1-20(2,3)23-18-8-5-15(6-9-18)14-21-17-7-10-19-16(13-17)11-12-22(19)4/h5-10,13,21H,11-12,14H2,1-4H3. The lowest BCUT2D eigenvalue weighted by Gasteiger charge is -2.21. The molecule has 1 N–H and O–H groups in total. The molecule has 2 aromatic rings. The fourth-order valence-corrected chi connectivity index (χ4v) is 2.91. The molecular formula is C20H26N2O. The summed E-state index contributed by atoms with van der Waals surface area (Å²) in [5, 5.41) is 3.51. The number of fused-ring (bicyclic) bond motifs is 1. The molecule has 0 amide bonds. The van der Waals surface area contributed by atoms with Crippen LogP contribution in [0.2, 0.25) is 0 Å². The second-order valence-corrected chi connectivity index (χ2v) is 7.23. The number of nitrogens with one attached hydrogen (secondary N) is 1. The van der Waals surface area contributed by atoms with Crippen molar-refractivity contribution in [3.8, 4) is 5.75 Å². The van der Waals surface area contributed by atoms with Crippen LogP contribution in [0.1, 0.15) is 31.9 Å². The van der Waals surface area contributed by atoms with Gasteiger partial charge < -0.3 is 15.0 Å². The average Bonchev–Trinajstić information content (AvgIpc) is 2.86. The molecule has 0 atom stereocenters. The molecule has 0 saturated carbocycles. The zero-order valence-corrected chi connectivity index (χ0v) is 14.5. The molecule has 2 aromatic carbocycles. The van der Waals surface area contributed by atoms with Gasteiger partial charge in [0.05, 0.1) is 0 Å². The van der Waals surface area contributed by atoms with Crippen LogP contribution in [0.15, 0.2) is 42.5 Å². The van der Waals surface area contributed by atoms with E-state index in [0.717, 1.165) is 25.3 Å². The molecule has 122 valence electrons. The van der Waals surface area contributed by atoms with Crippen LogP contribution in [-0.2, 0) is 13.0 Å². The number of anilines is 2. The van der Waals surface area contributed by atoms with Crippen molar-refractivity contribution in [2.45, 2.75) is 39.3 Å². The third-order valence-corrected chi connectivity index (χ3v) is 4.05. The lowest BCUT2D eigenvalue weighted by atomic mass is 10.1. The third kappa shape index (κ3) is 3.98. The molecule has 0 aliphatic carbocycles. The Bertz CT molecular complexity index is 671. The summed E-state index contributed by atoms with van der Waals surface area (Å²) < 4.78 is 5.85. The van der Waals surface area contributed by atoms with Crippen molar-refractivity contribution in [1.29, 1.82) is 0 Å². The van der Waals surface area contributed by atoms with Crippen molar-refractivity contribution in [2.24, 2.45) is 0 Å². The molecule has 1 aliphatic heterocycles. The van der Waals surface area contributed by atoms with Gasteiger partial charge in [-0.25, -0.2) is 0 Å². The van der Waals surface area contributed by atoms with Gasteiger partial charge in [-0.15, -0.1) is 0 Å². The van der Waals surface area contributed by atoms with Gasteiger partial charge in [0.25, 0.3) is 0 Å². The summed E-state index contributed by atoms with van der Waals surface area (Å²) in [7, 11) is 2.15. The summed E-state index contributed by atoms with van der Waals surface area (Å²) in [6, 6.07) is 15.0. The maximum absolute atomic E-state index is 5.85. The van der Waals surface area contributed by atoms with E-state index in [9.17, 15) is 0 Å². The minimum atomic E-state index is -0.155. The highest BCUT2D eigenvalue weighted by molar-refractivity contribution is 5.63. The molecule has 0 bridgehead atoms. The van der Waals surface area contributed by atoms with Gasteiger partial charge in [-0.1, -0.05) is 12.1 Å². The fourth-order valence-electron chi connectivity index (χ4n) is 2.91. The number of rotatable bonds is 4. The number of likely N-dealkylation sites (N-methyl/N-ethyl adjacent to an activating group) is 1. The maximum Gasteiger partial charge on any atom is 0.120 e. The van der Waals surface area contributed by atoms with Gasteiger partial charge in [-0.05, 0) is 68.7 Å². The number of nitrogens with zero attached hydrogens (tertiary/aromatic N) is 1. The Morgan fingerprint density at radius 2 is 1.83 bits per heavy atom. The highest BCUT2D eigenvalue weighted by Crippen LogP contribution is 2.29. The normalized spacial score (nSPS) is 13.8. The second kappa shape index (κ2) is 6.15. The number of ether oxygens (including phenoxy) is 1. The van der Waals surface area contributed by atoms with Crippen LogP contribution in [0.3, 0.4) is 0 Å². The molecule has 3 rings (SSSR count). The molecule has 3 heteroatoms. The molecular weight excluding hydrogens is 284 g/mol. The number of benzene rings is 2. The fraction of sp³-hybridized carbons (Fsp3) is 0.400. The van der Waals surface area contributed by atoms with Crippen molar-refractivity contribution >= 4 is 11.4 Å². The summed E-state index contributed by atoms with van der Waals surface area (Å²) in [4.78, 5) is 2.31. The average molecular weight is 310 g/mol. The quantitative estimate of drug-likeness (QED) is 0.902. The van der Waals surface area contributed by atoms with Gasteiger partial charge in [-0.2, -0.15) is 0 Å². The van der Waals surface area contributed by atoms with Crippen molar-refractivity contribution in [3.63, 3.8) is 0 Å². The molecule has 0 spiro atoms. The lowest BCUT2D eigenvalue weighted by molar-refractivity contribution is 0.131. The molecule has 23 heavy (non-hydrogen) atoms. The first-order chi connectivity index (χ1) is 10.9. The molecule has 0 radical (unpaired) electrons. The molecule has 0 unspecified atom stereocenters. The molecule has 1 heterocycles. The van der Waals surface area contributed by atoms with Crippen LogP contribution in [0.5, 0.6) is 5.75 Å². The highest BCUT2D eigenvalue weighted by Gasteiger charge is 2.15. The highest BCUT2D eigenvalue weighted by atomic mass is 16.5. The van der Waals surface area contributed by atoms with Crippen LogP contribution in [0.4, 0.5) is 11.4 Å². The Hall–Kier alpha value is -2.16. The van der Waals surface area contributed by atoms with Crippen LogP contribution >= 0.6 is 0 Å². The first-order valence-corrected chi connectivity index (χ1v) is 8.27. The smallest absolute Gasteiger partial charge is 0.120 e. The van der Waals surface area contributed by atoms with E-state index in [0.29, 0.717) is 0 Å². The zero-order valence-electron chi connectivity index (χ0n) is 14.5. The summed E-state index contributed by atoms with van der Waals surface area (Å²) in [5.74, 6) is 0.918. The van der Waals surface area contributed by atoms with E-state index in [1.165, 1.54) is 22.5 Å². The number of hydrogen-bond donors (Lipinski definition) is 1. The van der Waals surface area contributed by atoms with Crippen molar-refractivity contribution < 1.29 is 4.74 Å². The summed E-state index contributed by atoms with van der Waals surface area (Å²) >= 11 is 0. The minimum Gasteiger partial charge on any atom is -0.488 e. The van der Waals surface area contributed by atoms with E-state index in [2.05, 4.69) is 68.4 Å². The van der Waals surface area contributed by atoms with Gasteiger partial charge >= 0.3 is 0 Å². The predicted octanol–water partition coefficient (Wildman–Crippen LogP) is 4.47. The minimum absolute atomic E-state index is 0.155. The van der Waals surface area contributed by atoms with Gasteiger partial charge in [-0.3, -0.25) is 0 Å². The first-order valence-electron chi connectivity index (χ1n) is 8.27. The summed E-state index contributed by atoms with van der Waals surface area (Å²) in [5.41, 5.74) is 5.08. The van der Waals surface area contributed by atoms with E-state index < -0.39 is 0 Å². The molecule has 0 saturated heterocycles. The monoisotopic (exact) mass is 310 g/mol. The van der Waals surface area contributed by atoms with Gasteiger partial charge in [0.1, 0.15) is 11.4 Å². The third-order valence-electron chi connectivity index (χ3n) is 4.05. The van der Waals surface area contributed by atoms with Gasteiger partial charge in [0.2, 0.25) is 0 Å². The molecule has 0 fully saturated rings. The Labute approximate surface area is 139 Å². The van der Waals surface area contributed by atoms with Crippen LogP contribution in [-0.4, -0.2) is 19.2 Å². The molecule has 3 nitrogen and oxygen atoms in total. The van der Waals surface area contributed by atoms with Gasteiger partial charge in [0.15, 0.2) is 0 Å². The van der Waals surface area contributed by atoms with Crippen LogP contribution in [0.25, 0.3) is 0 Å². The summed E-state index contributed by atoms with van der Waals surface area (Å²) in [6.07, 6.45) is 1.14. The van der Waals surface area contributed by atoms with Crippen molar-refractivity contribution in [1.82, 2.24) is 0 Å². The van der Waals surface area contributed by atoms with E-state index >= 15 is 0 Å². The van der Waals surface area contributed by atoms with Gasteiger partial charge in [0, 0.05) is 31.5 Å². The van der Waals surface area contributed by atoms with Crippen molar-refractivity contribution in [2.75, 3.05) is 23.8 Å². The lowest BCUT2D eigenvalue weighted by Crippen LogP contribution is -2.22. The Morgan fingerprint density at radius 3 is 2.52 bits per heavy atom. The van der Waals surface area contributed by atoms with E-state index in [1.54, 1.807) is 0 Å². The molecule has 0 aromatic heterocycles. The zero-order chi connectivity index (χ0) is 16.4. The molecule has 1 aliphatic rings. The Balaban J connectivity index is 1.60. The van der Waals surface area contributed by atoms with E-state index in [1.807, 2.05) is 12.1 Å². The largest absolute Gasteiger partial charge is 0.488 e. The summed E-state index contributed by atoms with van der Waals surface area (Å²) in [6.45, 7) is 8.13.